The number of hydrogen-bond acceptors (Lipinski definition) is 18. The van der Waals surface area contributed by atoms with E-state index in [2.05, 4.69) is 61.4 Å². The standard InChI is InChI=1S/C25H26FNO4.C21H19FO3.C14H17BO4.C14H16O2.C9H7BrO.C7H4BrFO.C5H10O.C4H7NO2/c26-22-10-16(12-27-13-19(14-27)25(28)29)5-7-21(22)24-11-18-9-17(6-8-23(18)31-24)15-30-20-3-1-2-4-20;22-19-10-14(12-23)5-7-18(19)21-11-16-9-15(6-8-20(16)25-21)13-24-17-3-1-2-4-17;16-15(17)14-8-11-7-10(5-6-13(11)19-14)9-18-12-3-1-2-4-12;1-2-4-13(3-1)16-10-11-5-6-14-12(9-11)7-8-15-14;10-6-7-1-2-9-8(5-7)3-4-11-9;8-6-2-1-5(4-10)7(9)3-6;6-5-3-1-2-4-5;6-4(7)3-1-5-2-3/h5-11,19-20H,1-4,12-15H2,(H,28,29);5-12,17H,1-4,13H2;5-8,12,16-17H,1-4,9H2;5-9,13H,1-4,10H2;1-5H,6H2;1-4H;5-6H,1-4H2;3,5H,1-2H2,(H,6,7). The Hall–Kier alpha value is -9.81. The lowest BCUT2D eigenvalue weighted by Crippen LogP contribution is -2.49. The molecule has 13 aromatic rings. The summed E-state index contributed by atoms with van der Waals surface area (Å²) in [5.74, 6) is -2.21. The molecule has 26 heteroatoms. The van der Waals surface area contributed by atoms with Crippen molar-refractivity contribution in [1.29, 1.82) is 0 Å². The lowest BCUT2D eigenvalue weighted by Gasteiger charge is -2.36. The average molecular weight is 1840 g/mol. The third-order valence-electron chi connectivity index (χ3n) is 23.3. The number of fused-ring (bicyclic) bond motifs is 5. The summed E-state index contributed by atoms with van der Waals surface area (Å²) >= 11 is 6.47. The van der Waals surface area contributed by atoms with E-state index in [0.717, 1.165) is 124 Å². The van der Waals surface area contributed by atoms with Crippen LogP contribution in [0.25, 0.3) is 77.5 Å². The number of nitrogens with zero attached hydrogens (tertiary/aromatic N) is 1. The number of carbonyl (C=O) groups excluding carboxylic acids is 2. The number of aldehydes is 2. The molecule has 0 spiro atoms. The molecule has 0 bridgehead atoms. The van der Waals surface area contributed by atoms with E-state index < -0.39 is 30.7 Å². The quantitative estimate of drug-likeness (QED) is 0.0209. The molecule has 7 fully saturated rings. The second-order valence-corrected chi connectivity index (χ2v) is 34.2. The van der Waals surface area contributed by atoms with Crippen molar-refractivity contribution in [2.75, 3.05) is 26.2 Å². The molecule has 20 rings (SSSR count). The molecule has 7 heterocycles. The van der Waals surface area contributed by atoms with Gasteiger partial charge in [0.15, 0.2) is 6.29 Å². The Morgan fingerprint density at radius 1 is 0.440 bits per heavy atom. The van der Waals surface area contributed by atoms with E-state index in [1.54, 1.807) is 42.9 Å². The Kier molecular flexibility index (Phi) is 34.6. The molecule has 2 aliphatic heterocycles. The maximum absolute atomic E-state index is 14.8. The molecule has 5 aromatic heterocycles. The summed E-state index contributed by atoms with van der Waals surface area (Å²) in [5.41, 5.74) is 11.9. The van der Waals surface area contributed by atoms with Crippen molar-refractivity contribution in [2.45, 2.75) is 197 Å². The van der Waals surface area contributed by atoms with Crippen molar-refractivity contribution in [1.82, 2.24) is 10.2 Å². The van der Waals surface area contributed by atoms with E-state index >= 15 is 0 Å². The maximum atomic E-state index is 14.8. The number of hydrogen-bond donors (Lipinski definition) is 6. The van der Waals surface area contributed by atoms with E-state index in [4.69, 9.17) is 66.4 Å². The monoisotopic (exact) mass is 1840 g/mol. The van der Waals surface area contributed by atoms with Crippen LogP contribution in [-0.4, -0.2) is 119 Å². The van der Waals surface area contributed by atoms with Crippen LogP contribution in [0.2, 0.25) is 0 Å². The number of benzene rings is 8. The molecule has 0 radical (unpaired) electrons. The van der Waals surface area contributed by atoms with Gasteiger partial charge >= 0.3 is 19.1 Å². The van der Waals surface area contributed by atoms with Crippen molar-refractivity contribution < 1.29 is 98.8 Å². The first-order valence-electron chi connectivity index (χ1n) is 43.1. The zero-order chi connectivity index (χ0) is 87.6. The first-order valence-corrected chi connectivity index (χ1v) is 45.1. The van der Waals surface area contributed by atoms with E-state index in [9.17, 15) is 32.3 Å². The number of furan rings is 5. The van der Waals surface area contributed by atoms with Gasteiger partial charge in [0.1, 0.15) is 68.8 Å². The number of carboxylic acids is 2. The highest BCUT2D eigenvalue weighted by molar-refractivity contribution is 9.10. The summed E-state index contributed by atoms with van der Waals surface area (Å²) in [7, 11) is -1.56. The number of carboxylic acid groups (broad SMARTS) is 2. The van der Waals surface area contributed by atoms with Crippen LogP contribution < -0.4 is 11.0 Å². The minimum atomic E-state index is -1.56. The molecule has 5 aliphatic carbocycles. The second kappa shape index (κ2) is 46.6. The zero-order valence-corrected chi connectivity index (χ0v) is 72.9. The van der Waals surface area contributed by atoms with E-state index in [1.807, 2.05) is 102 Å². The van der Waals surface area contributed by atoms with Gasteiger partial charge in [0.2, 0.25) is 0 Å². The van der Waals surface area contributed by atoms with Crippen molar-refractivity contribution in [3.05, 3.63) is 255 Å². The summed E-state index contributed by atoms with van der Waals surface area (Å²) in [5, 5.41) is 52.9. The number of aliphatic carboxylic acids is 2. The van der Waals surface area contributed by atoms with Gasteiger partial charge in [0.25, 0.3) is 0 Å². The van der Waals surface area contributed by atoms with Crippen molar-refractivity contribution >= 4 is 124 Å². The van der Waals surface area contributed by atoms with Gasteiger partial charge in [-0.1, -0.05) is 139 Å². The Morgan fingerprint density at radius 2 is 0.848 bits per heavy atom. The summed E-state index contributed by atoms with van der Waals surface area (Å²) in [6.45, 7) is 5.36. The molecular weight excluding hydrogens is 1730 g/mol. The summed E-state index contributed by atoms with van der Waals surface area (Å²) in [4.78, 5) is 43.7. The number of alkyl halides is 1. The third kappa shape index (κ3) is 27.4. The van der Waals surface area contributed by atoms with Gasteiger partial charge in [-0.25, -0.2) is 13.2 Å². The molecule has 5 saturated carbocycles. The van der Waals surface area contributed by atoms with Gasteiger partial charge in [-0.3, -0.25) is 24.1 Å². The number of carbonyl (C=O) groups is 4. The van der Waals surface area contributed by atoms with E-state index in [1.165, 1.54) is 118 Å². The SMILES string of the molecule is BrCc1ccc2occc2c1.O=C(O)C1CN(Cc2ccc(-c3cc4cc(COC5CCCC5)ccc4o3)c(F)c2)C1.O=C(O)C1CNC1.O=Cc1ccc(-c2cc3cc(COC4CCCC4)ccc3o2)c(F)c1.O=Cc1ccc(Br)cc1F.OB(O)c1cc2cc(COC3CCCC3)ccc2o1.OC1CCCC1.c1cc2cc(COC3CCCC3)ccc2o1. The number of rotatable bonds is 22. The number of halogens is 5. The second-order valence-electron chi connectivity index (χ2n) is 32.8. The number of likely N-dealkylation sites (tertiary alicyclic amines) is 1. The number of aliphatic hydroxyl groups excluding tert-OH is 1. The number of aliphatic hydroxyl groups is 1. The molecule has 8 aromatic carbocycles. The Bertz CT molecular complexity index is 5650. The maximum Gasteiger partial charge on any atom is 0.526 e. The first kappa shape index (κ1) is 92.9. The zero-order valence-electron chi connectivity index (χ0n) is 69.8. The van der Waals surface area contributed by atoms with Crippen LogP contribution in [0, 0.1) is 29.3 Å². The normalized spacial score (nSPS) is 16.3. The Morgan fingerprint density at radius 3 is 1.23 bits per heavy atom. The molecule has 0 amide bonds. The highest BCUT2D eigenvalue weighted by Gasteiger charge is 2.33. The highest BCUT2D eigenvalue weighted by atomic mass is 79.9. The van der Waals surface area contributed by atoms with Crippen LogP contribution in [0.1, 0.15) is 183 Å². The summed E-state index contributed by atoms with van der Waals surface area (Å²) < 4.78 is 93.4. The van der Waals surface area contributed by atoms with Crippen LogP contribution in [0.4, 0.5) is 13.2 Å². The number of ether oxygens (including phenoxy) is 4. The fourth-order valence-electron chi connectivity index (χ4n) is 16.0. The van der Waals surface area contributed by atoms with Crippen molar-refractivity contribution in [3.8, 4) is 22.6 Å². The summed E-state index contributed by atoms with van der Waals surface area (Å²) in [6.07, 6.45) is 30.3. The minimum Gasteiger partial charge on any atom is -0.481 e. The average Bonchev–Trinajstić information content (AvgIpc) is 1.67. The van der Waals surface area contributed by atoms with Crippen molar-refractivity contribution in [2.24, 2.45) is 11.8 Å². The molecule has 2 saturated heterocycles. The topological polar surface area (TPSA) is 287 Å². The molecule has 658 valence electrons. The Balaban J connectivity index is 0.000000129. The molecule has 7 aliphatic rings. The van der Waals surface area contributed by atoms with Crippen LogP contribution in [0.15, 0.2) is 215 Å². The van der Waals surface area contributed by atoms with Gasteiger partial charge in [-0.2, -0.15) is 0 Å². The molecule has 6 N–H and O–H groups in total. The first-order chi connectivity index (χ1) is 60.7. The lowest BCUT2D eigenvalue weighted by molar-refractivity contribution is -0.148. The lowest BCUT2D eigenvalue weighted by atomic mass is 9.88. The fraction of sp³-hybridized carbons (Fsp3) is 0.374. The van der Waals surface area contributed by atoms with Gasteiger partial charge in [-0.15, -0.1) is 0 Å². The van der Waals surface area contributed by atoms with E-state index in [0.29, 0.717) is 133 Å². The predicted molar refractivity (Wildman–Crippen MR) is 482 cm³/mol. The van der Waals surface area contributed by atoms with Gasteiger partial charge in [0, 0.05) is 75.0 Å². The predicted octanol–water partition coefficient (Wildman–Crippen LogP) is 22.1. The van der Waals surface area contributed by atoms with Gasteiger partial charge in [-0.05, 0) is 231 Å². The van der Waals surface area contributed by atoms with Crippen LogP contribution >= 0.6 is 31.9 Å². The molecule has 0 unspecified atom stereocenters. The molecular formula is C99H106BBr2F3N2O18. The third-order valence-corrected chi connectivity index (χ3v) is 24.4. The minimum absolute atomic E-state index is 0.0463. The highest BCUT2D eigenvalue weighted by Crippen LogP contribution is 2.36. The summed E-state index contributed by atoms with van der Waals surface area (Å²) in [6, 6.07) is 53.2. The van der Waals surface area contributed by atoms with Crippen LogP contribution in [0.3, 0.4) is 0 Å². The largest absolute Gasteiger partial charge is 0.526 e. The fourth-order valence-corrected chi connectivity index (χ4v) is 16.7. The molecule has 0 atom stereocenters. The smallest absolute Gasteiger partial charge is 0.481 e. The van der Waals surface area contributed by atoms with Crippen LogP contribution in [0.5, 0.6) is 0 Å². The number of nitrogens with one attached hydrogen (secondary N) is 1. The Labute approximate surface area is 741 Å². The molecule has 20 nitrogen and oxygen atoms in total. The van der Waals surface area contributed by atoms with Crippen molar-refractivity contribution in [3.63, 3.8) is 0 Å². The van der Waals surface area contributed by atoms with Crippen LogP contribution in [-0.2, 0) is 66.8 Å². The molecule has 125 heavy (non-hydrogen) atoms. The van der Waals surface area contributed by atoms with E-state index in [-0.39, 0.29) is 35.0 Å². The van der Waals surface area contributed by atoms with Gasteiger partial charge in [0.05, 0.1) is 98.0 Å². The van der Waals surface area contributed by atoms with Gasteiger partial charge < -0.3 is 71.7 Å².